The van der Waals surface area contributed by atoms with E-state index >= 15 is 0 Å². The van der Waals surface area contributed by atoms with E-state index in [1.807, 2.05) is 20.8 Å². The van der Waals surface area contributed by atoms with E-state index in [2.05, 4.69) is 24.4 Å². The third kappa shape index (κ3) is 5.28. The summed E-state index contributed by atoms with van der Waals surface area (Å²) < 4.78 is 5.32. The van der Waals surface area contributed by atoms with Gasteiger partial charge < -0.3 is 9.84 Å². The molecule has 1 atom stereocenters. The van der Waals surface area contributed by atoms with Crippen molar-refractivity contribution in [2.24, 2.45) is 0 Å². The van der Waals surface area contributed by atoms with Crippen LogP contribution in [0.5, 0.6) is 0 Å². The summed E-state index contributed by atoms with van der Waals surface area (Å²) in [6, 6.07) is 4.12. The van der Waals surface area contributed by atoms with Gasteiger partial charge >= 0.3 is 0 Å². The first-order valence-corrected chi connectivity index (χ1v) is 5.83. The van der Waals surface area contributed by atoms with Crippen LogP contribution in [0.25, 0.3) is 0 Å². The molecule has 0 aliphatic heterocycles. The maximum Gasteiger partial charge on any atom is 0.214 e. The Balaban J connectivity index is 2.31. The van der Waals surface area contributed by atoms with Gasteiger partial charge in [0.25, 0.3) is 0 Å². The molecule has 0 amide bonds. The van der Waals surface area contributed by atoms with Crippen molar-refractivity contribution in [2.45, 2.75) is 46.3 Å². The highest BCUT2D eigenvalue weighted by molar-refractivity contribution is 7.11. The Labute approximate surface area is 95.1 Å². The standard InChI is InChI=1S/C11H19NO2S/c1-8-5-6-9(15-8)7-12-10(13)14-11(2,3)4/h5-6,10,12-13H,7H2,1-4H3. The van der Waals surface area contributed by atoms with Crippen LogP contribution >= 0.6 is 11.3 Å². The van der Waals surface area contributed by atoms with Crippen molar-refractivity contribution >= 4 is 11.3 Å². The van der Waals surface area contributed by atoms with Gasteiger partial charge in [-0.3, -0.25) is 5.32 Å². The normalized spacial score (nSPS) is 14.2. The first-order chi connectivity index (χ1) is 6.87. The van der Waals surface area contributed by atoms with Crippen LogP contribution in [-0.4, -0.2) is 17.1 Å². The van der Waals surface area contributed by atoms with E-state index in [0.717, 1.165) is 0 Å². The lowest BCUT2D eigenvalue weighted by Gasteiger charge is -2.24. The third-order valence-corrected chi connectivity index (χ3v) is 2.71. The second kappa shape index (κ2) is 5.07. The Kier molecular flexibility index (Phi) is 4.28. The van der Waals surface area contributed by atoms with E-state index in [4.69, 9.17) is 4.74 Å². The average molecular weight is 229 g/mol. The number of ether oxygens (including phenoxy) is 1. The fourth-order valence-electron chi connectivity index (χ4n) is 1.14. The SMILES string of the molecule is Cc1ccc(CNC(O)OC(C)(C)C)s1. The van der Waals surface area contributed by atoms with Gasteiger partial charge in [-0.05, 0) is 39.8 Å². The number of nitrogens with one attached hydrogen (secondary N) is 1. The Bertz CT molecular complexity index is 304. The monoisotopic (exact) mass is 229 g/mol. The van der Waals surface area contributed by atoms with Gasteiger partial charge in [-0.2, -0.15) is 0 Å². The predicted molar refractivity (Wildman–Crippen MR) is 62.7 cm³/mol. The van der Waals surface area contributed by atoms with E-state index in [1.165, 1.54) is 9.75 Å². The van der Waals surface area contributed by atoms with Crippen molar-refractivity contribution in [1.29, 1.82) is 0 Å². The summed E-state index contributed by atoms with van der Waals surface area (Å²) in [5.41, 5.74) is -0.336. The number of aryl methyl sites for hydroxylation is 1. The summed E-state index contributed by atoms with van der Waals surface area (Å²) in [6.07, 6.45) is -0.910. The van der Waals surface area contributed by atoms with E-state index < -0.39 is 6.41 Å². The van der Waals surface area contributed by atoms with Gasteiger partial charge in [-0.15, -0.1) is 11.3 Å². The first-order valence-electron chi connectivity index (χ1n) is 5.01. The molecular formula is C11H19NO2S. The van der Waals surface area contributed by atoms with Crippen molar-refractivity contribution < 1.29 is 9.84 Å². The van der Waals surface area contributed by atoms with E-state index in [9.17, 15) is 5.11 Å². The Morgan fingerprint density at radius 2 is 2.13 bits per heavy atom. The van der Waals surface area contributed by atoms with Crippen LogP contribution in [0, 0.1) is 6.92 Å². The summed E-state index contributed by atoms with van der Waals surface area (Å²) in [4.78, 5) is 2.47. The van der Waals surface area contributed by atoms with Gasteiger partial charge in [0.2, 0.25) is 6.41 Å². The summed E-state index contributed by atoms with van der Waals surface area (Å²) in [6.45, 7) is 8.43. The number of hydrogen-bond donors (Lipinski definition) is 2. The first kappa shape index (κ1) is 12.6. The third-order valence-electron chi connectivity index (χ3n) is 1.71. The molecule has 1 rings (SSSR count). The fraction of sp³-hybridized carbons (Fsp3) is 0.636. The molecule has 0 radical (unpaired) electrons. The number of aliphatic hydroxyl groups is 1. The molecule has 0 bridgehead atoms. The Hall–Kier alpha value is -0.420. The lowest BCUT2D eigenvalue weighted by atomic mass is 10.2. The number of hydrogen-bond acceptors (Lipinski definition) is 4. The van der Waals surface area contributed by atoms with Crippen LogP contribution in [-0.2, 0) is 11.3 Å². The topological polar surface area (TPSA) is 41.5 Å². The summed E-state index contributed by atoms with van der Waals surface area (Å²) in [7, 11) is 0. The molecule has 0 saturated heterocycles. The van der Waals surface area contributed by atoms with Crippen LogP contribution in [0.3, 0.4) is 0 Å². The molecule has 1 aromatic heterocycles. The molecule has 86 valence electrons. The van der Waals surface area contributed by atoms with Gasteiger partial charge in [-0.1, -0.05) is 0 Å². The van der Waals surface area contributed by atoms with Gasteiger partial charge in [0.05, 0.1) is 5.60 Å². The minimum atomic E-state index is -0.910. The zero-order chi connectivity index (χ0) is 11.5. The summed E-state index contributed by atoms with van der Waals surface area (Å²) in [5.74, 6) is 0. The molecule has 0 aromatic carbocycles. The molecule has 0 aliphatic carbocycles. The molecule has 1 heterocycles. The molecule has 15 heavy (non-hydrogen) atoms. The molecule has 1 aromatic rings. The zero-order valence-corrected chi connectivity index (χ0v) is 10.5. The quantitative estimate of drug-likeness (QED) is 0.778. The van der Waals surface area contributed by atoms with Gasteiger partial charge in [0.1, 0.15) is 0 Å². The summed E-state index contributed by atoms with van der Waals surface area (Å²) >= 11 is 1.72. The maximum absolute atomic E-state index is 9.52. The molecule has 2 N–H and O–H groups in total. The molecule has 1 unspecified atom stereocenters. The molecule has 0 saturated carbocycles. The highest BCUT2D eigenvalue weighted by atomic mass is 32.1. The summed E-state index contributed by atoms with van der Waals surface area (Å²) in [5, 5.41) is 12.4. The Morgan fingerprint density at radius 3 is 2.60 bits per heavy atom. The maximum atomic E-state index is 9.52. The van der Waals surface area contributed by atoms with Crippen LogP contribution in [0.15, 0.2) is 12.1 Å². The van der Waals surface area contributed by atoms with Crippen LogP contribution in [0.2, 0.25) is 0 Å². The highest BCUT2D eigenvalue weighted by Gasteiger charge is 2.15. The number of rotatable bonds is 4. The van der Waals surface area contributed by atoms with Crippen molar-refractivity contribution in [3.05, 3.63) is 21.9 Å². The van der Waals surface area contributed by atoms with Crippen molar-refractivity contribution in [3.8, 4) is 0 Å². The van der Waals surface area contributed by atoms with Gasteiger partial charge in [-0.25, -0.2) is 0 Å². The van der Waals surface area contributed by atoms with Crippen molar-refractivity contribution in [2.75, 3.05) is 0 Å². The molecule has 0 fully saturated rings. The van der Waals surface area contributed by atoms with E-state index in [0.29, 0.717) is 6.54 Å². The van der Waals surface area contributed by atoms with Crippen molar-refractivity contribution in [3.63, 3.8) is 0 Å². The second-order valence-corrected chi connectivity index (χ2v) is 5.85. The van der Waals surface area contributed by atoms with Crippen LogP contribution < -0.4 is 5.32 Å². The van der Waals surface area contributed by atoms with Crippen LogP contribution in [0.1, 0.15) is 30.5 Å². The molecule has 4 heteroatoms. The lowest BCUT2D eigenvalue weighted by Crippen LogP contribution is -2.37. The molecule has 3 nitrogen and oxygen atoms in total. The second-order valence-electron chi connectivity index (χ2n) is 4.48. The van der Waals surface area contributed by atoms with E-state index in [1.54, 1.807) is 11.3 Å². The van der Waals surface area contributed by atoms with Crippen LogP contribution in [0.4, 0.5) is 0 Å². The highest BCUT2D eigenvalue weighted by Crippen LogP contribution is 2.15. The smallest absolute Gasteiger partial charge is 0.214 e. The van der Waals surface area contributed by atoms with Crippen molar-refractivity contribution in [1.82, 2.24) is 5.32 Å². The predicted octanol–water partition coefficient (Wildman–Crippen LogP) is 2.24. The minimum absolute atomic E-state index is 0.336. The Morgan fingerprint density at radius 1 is 1.47 bits per heavy atom. The number of thiophene rings is 1. The number of aliphatic hydroxyl groups excluding tert-OH is 1. The average Bonchev–Trinajstić information content (AvgIpc) is 2.45. The largest absolute Gasteiger partial charge is 0.356 e. The lowest BCUT2D eigenvalue weighted by molar-refractivity contribution is -0.182. The van der Waals surface area contributed by atoms with Gasteiger partial charge in [0.15, 0.2) is 0 Å². The van der Waals surface area contributed by atoms with E-state index in [-0.39, 0.29) is 5.60 Å². The molecule has 0 spiro atoms. The zero-order valence-electron chi connectivity index (χ0n) is 9.70. The molecular weight excluding hydrogens is 210 g/mol. The minimum Gasteiger partial charge on any atom is -0.356 e. The van der Waals surface area contributed by atoms with Gasteiger partial charge in [0, 0.05) is 16.3 Å². The molecule has 0 aliphatic rings. The fourth-order valence-corrected chi connectivity index (χ4v) is 1.99.